The van der Waals surface area contributed by atoms with Gasteiger partial charge in [-0.05, 0) is 31.1 Å². The lowest BCUT2D eigenvalue weighted by atomic mass is 9.48. The summed E-state index contributed by atoms with van der Waals surface area (Å²) in [5.41, 5.74) is 0. The third kappa shape index (κ3) is 1.58. The van der Waals surface area contributed by atoms with Gasteiger partial charge in [0.05, 0.1) is 15.7 Å². The molecular weight excluding hydrogens is 142 g/mol. The van der Waals surface area contributed by atoms with Crippen molar-refractivity contribution in [1.82, 2.24) is 0 Å². The van der Waals surface area contributed by atoms with E-state index in [4.69, 9.17) is 15.7 Å². The first-order valence-electron chi connectivity index (χ1n) is 5.13. The van der Waals surface area contributed by atoms with Crippen LogP contribution in [0, 0.1) is 17.8 Å². The lowest BCUT2D eigenvalue weighted by Crippen LogP contribution is -2.24. The Kier molecular flexibility index (Phi) is 2.05. The van der Waals surface area contributed by atoms with Gasteiger partial charge in [-0.25, -0.2) is 0 Å². The predicted molar refractivity (Wildman–Crippen MR) is 53.4 cm³/mol. The third-order valence-corrected chi connectivity index (χ3v) is 3.75. The van der Waals surface area contributed by atoms with Crippen LogP contribution in [0.25, 0.3) is 0 Å². The Morgan fingerprint density at radius 1 is 1.00 bits per heavy atom. The molecule has 2 bridgehead atoms. The second-order valence-electron chi connectivity index (χ2n) is 5.08. The SMILES string of the molecule is [B]C([B])(C)C1CCC2CC(C2)C1. The van der Waals surface area contributed by atoms with Crippen molar-refractivity contribution in [2.45, 2.75) is 44.2 Å². The molecule has 1 unspecified atom stereocenters. The predicted octanol–water partition coefficient (Wildman–Crippen LogP) is 2.29. The van der Waals surface area contributed by atoms with Crippen LogP contribution in [0.2, 0.25) is 5.21 Å². The number of fused-ring (bicyclic) bond motifs is 3. The Morgan fingerprint density at radius 3 is 2.25 bits per heavy atom. The monoisotopic (exact) mass is 158 g/mol. The van der Waals surface area contributed by atoms with Crippen molar-refractivity contribution in [3.8, 4) is 0 Å². The molecule has 3 rings (SSSR count). The summed E-state index contributed by atoms with van der Waals surface area (Å²) in [6.07, 6.45) is 6.80. The Hall–Kier alpha value is 0.130. The van der Waals surface area contributed by atoms with Crippen LogP contribution >= 0.6 is 0 Å². The first-order chi connectivity index (χ1) is 5.55. The zero-order chi connectivity index (χ0) is 8.77. The lowest BCUT2D eigenvalue weighted by molar-refractivity contribution is 0.192. The van der Waals surface area contributed by atoms with Crippen LogP contribution in [-0.4, -0.2) is 15.7 Å². The number of rotatable bonds is 1. The van der Waals surface area contributed by atoms with Gasteiger partial charge in [-0.1, -0.05) is 30.9 Å². The van der Waals surface area contributed by atoms with E-state index in [9.17, 15) is 0 Å². The van der Waals surface area contributed by atoms with E-state index < -0.39 is 5.21 Å². The standard InChI is InChI=1S/C10H16B2/c1-10(11,12)9-3-2-7-4-8(5-7)6-9/h7-9H,2-6H2,1H3. The van der Waals surface area contributed by atoms with E-state index in [1.54, 1.807) is 0 Å². The maximum Gasteiger partial charge on any atom is 0.0620 e. The maximum absolute atomic E-state index is 5.94. The van der Waals surface area contributed by atoms with E-state index in [0.29, 0.717) is 5.92 Å². The maximum atomic E-state index is 5.94. The molecule has 3 aliphatic carbocycles. The smallest absolute Gasteiger partial charge is 0.0620 e. The van der Waals surface area contributed by atoms with E-state index in [1.807, 2.05) is 6.92 Å². The summed E-state index contributed by atoms with van der Waals surface area (Å²) in [6.45, 7) is 1.97. The molecule has 0 aromatic heterocycles. The molecule has 0 aliphatic heterocycles. The fourth-order valence-corrected chi connectivity index (χ4v) is 2.82. The second-order valence-corrected chi connectivity index (χ2v) is 5.08. The summed E-state index contributed by atoms with van der Waals surface area (Å²) in [5, 5.41) is -0.433. The largest absolute Gasteiger partial charge is 0.0990 e. The summed E-state index contributed by atoms with van der Waals surface area (Å²) in [5.74, 6) is 2.53. The lowest BCUT2D eigenvalue weighted by Gasteiger charge is -2.35. The minimum absolute atomic E-state index is 0.433. The Balaban J connectivity index is 1.99. The van der Waals surface area contributed by atoms with Crippen molar-refractivity contribution in [2.24, 2.45) is 17.8 Å². The summed E-state index contributed by atoms with van der Waals surface area (Å²) >= 11 is 0. The molecule has 0 heterocycles. The van der Waals surface area contributed by atoms with E-state index in [2.05, 4.69) is 0 Å². The average molecular weight is 158 g/mol. The van der Waals surface area contributed by atoms with Crippen LogP contribution in [0.3, 0.4) is 0 Å². The van der Waals surface area contributed by atoms with Gasteiger partial charge in [-0.2, -0.15) is 0 Å². The highest BCUT2D eigenvalue weighted by atomic mass is 14.4. The normalized spacial score (nSPS) is 41.6. The summed E-state index contributed by atoms with van der Waals surface area (Å²) in [4.78, 5) is 0. The van der Waals surface area contributed by atoms with Crippen molar-refractivity contribution in [2.75, 3.05) is 0 Å². The molecule has 0 aromatic carbocycles. The topological polar surface area (TPSA) is 0 Å². The summed E-state index contributed by atoms with van der Waals surface area (Å²) in [6, 6.07) is 0. The quantitative estimate of drug-likeness (QED) is 0.513. The molecule has 0 spiro atoms. The van der Waals surface area contributed by atoms with E-state index >= 15 is 0 Å². The highest BCUT2D eigenvalue weighted by molar-refractivity contribution is 6.39. The molecule has 0 amide bonds. The molecule has 3 fully saturated rings. The minimum Gasteiger partial charge on any atom is -0.0990 e. The molecule has 3 saturated carbocycles. The first kappa shape index (κ1) is 8.72. The van der Waals surface area contributed by atoms with Crippen LogP contribution in [-0.2, 0) is 0 Å². The molecule has 2 heteroatoms. The molecule has 62 valence electrons. The fourth-order valence-electron chi connectivity index (χ4n) is 2.82. The van der Waals surface area contributed by atoms with Gasteiger partial charge in [0.1, 0.15) is 0 Å². The minimum atomic E-state index is -0.433. The van der Waals surface area contributed by atoms with Gasteiger partial charge in [-0.3, -0.25) is 0 Å². The zero-order valence-corrected chi connectivity index (χ0v) is 7.92. The van der Waals surface area contributed by atoms with Crippen LogP contribution in [0.1, 0.15) is 39.0 Å². The van der Waals surface area contributed by atoms with Crippen LogP contribution < -0.4 is 0 Å². The van der Waals surface area contributed by atoms with Gasteiger partial charge in [0.2, 0.25) is 0 Å². The molecule has 12 heavy (non-hydrogen) atoms. The van der Waals surface area contributed by atoms with Crippen molar-refractivity contribution in [3.05, 3.63) is 0 Å². The van der Waals surface area contributed by atoms with E-state index in [-0.39, 0.29) is 0 Å². The molecular formula is C10H16B2. The zero-order valence-electron chi connectivity index (χ0n) is 7.92. The van der Waals surface area contributed by atoms with E-state index in [1.165, 1.54) is 32.1 Å². The van der Waals surface area contributed by atoms with Gasteiger partial charge in [0, 0.05) is 0 Å². The van der Waals surface area contributed by atoms with Crippen LogP contribution in [0.5, 0.6) is 0 Å². The Morgan fingerprint density at radius 2 is 1.67 bits per heavy atom. The third-order valence-electron chi connectivity index (χ3n) is 3.75. The highest BCUT2D eigenvalue weighted by Crippen LogP contribution is 2.50. The van der Waals surface area contributed by atoms with Gasteiger partial charge in [0.25, 0.3) is 0 Å². The molecule has 0 N–H and O–H groups in total. The van der Waals surface area contributed by atoms with Crippen molar-refractivity contribution in [3.63, 3.8) is 0 Å². The summed E-state index contributed by atoms with van der Waals surface area (Å²) < 4.78 is 0. The van der Waals surface area contributed by atoms with Crippen molar-refractivity contribution < 1.29 is 0 Å². The number of hydrogen-bond donors (Lipinski definition) is 0. The van der Waals surface area contributed by atoms with Gasteiger partial charge < -0.3 is 0 Å². The van der Waals surface area contributed by atoms with Gasteiger partial charge in [-0.15, -0.1) is 0 Å². The number of hydrogen-bond acceptors (Lipinski definition) is 0. The van der Waals surface area contributed by atoms with Crippen molar-refractivity contribution >= 4 is 15.7 Å². The van der Waals surface area contributed by atoms with Gasteiger partial charge in [0.15, 0.2) is 0 Å². The summed E-state index contributed by atoms with van der Waals surface area (Å²) in [7, 11) is 11.9. The fraction of sp³-hybridized carbons (Fsp3) is 1.00. The first-order valence-corrected chi connectivity index (χ1v) is 5.13. The van der Waals surface area contributed by atoms with Gasteiger partial charge >= 0.3 is 0 Å². The molecule has 0 saturated heterocycles. The van der Waals surface area contributed by atoms with Crippen molar-refractivity contribution in [1.29, 1.82) is 0 Å². The molecule has 4 radical (unpaired) electrons. The molecule has 1 atom stereocenters. The second kappa shape index (κ2) is 2.82. The Labute approximate surface area is 78.3 Å². The highest BCUT2D eigenvalue weighted by Gasteiger charge is 2.37. The molecule has 0 aromatic rings. The van der Waals surface area contributed by atoms with Crippen LogP contribution in [0.15, 0.2) is 0 Å². The van der Waals surface area contributed by atoms with Crippen LogP contribution in [0.4, 0.5) is 0 Å². The Bertz CT molecular complexity index is 165. The molecule has 3 aliphatic rings. The average Bonchev–Trinajstić information content (AvgIpc) is 2.11. The molecule has 0 nitrogen and oxygen atoms in total. The van der Waals surface area contributed by atoms with E-state index in [0.717, 1.165) is 11.8 Å².